The summed E-state index contributed by atoms with van der Waals surface area (Å²) in [7, 11) is -1.21. The molecule has 3 rings (SSSR count). The van der Waals surface area contributed by atoms with Crippen LogP contribution in [-0.2, 0) is 10.0 Å². The fraction of sp³-hybridized carbons (Fsp3) is 0.947. The third kappa shape index (κ3) is 6.06. The standard InChI is InChI=1S/C19H37N5O2S/c1-20-19(21-15-16-7-13-24(14-8-16)27(2,25)26)22-17-9-11-23(12-10-17)18-5-3-4-6-18/h16-18H,3-15H2,1-2H3,(H2,20,21,22). The molecule has 0 bridgehead atoms. The summed E-state index contributed by atoms with van der Waals surface area (Å²) >= 11 is 0. The first-order valence-corrected chi connectivity index (χ1v) is 12.5. The van der Waals surface area contributed by atoms with Gasteiger partial charge in [0.2, 0.25) is 10.0 Å². The number of sulfonamides is 1. The quantitative estimate of drug-likeness (QED) is 0.537. The highest BCUT2D eigenvalue weighted by atomic mass is 32.2. The Kier molecular flexibility index (Phi) is 7.39. The average molecular weight is 400 g/mol. The molecule has 2 heterocycles. The van der Waals surface area contributed by atoms with Crippen molar-refractivity contribution in [2.45, 2.75) is 63.5 Å². The monoisotopic (exact) mass is 399 g/mol. The van der Waals surface area contributed by atoms with Gasteiger partial charge >= 0.3 is 0 Å². The average Bonchev–Trinajstić information content (AvgIpc) is 3.20. The predicted molar refractivity (Wildman–Crippen MR) is 110 cm³/mol. The van der Waals surface area contributed by atoms with Crippen LogP contribution in [0.5, 0.6) is 0 Å². The Morgan fingerprint density at radius 3 is 2.19 bits per heavy atom. The van der Waals surface area contributed by atoms with Gasteiger partial charge in [0.05, 0.1) is 6.26 Å². The summed E-state index contributed by atoms with van der Waals surface area (Å²) in [4.78, 5) is 7.08. The Morgan fingerprint density at radius 2 is 1.63 bits per heavy atom. The largest absolute Gasteiger partial charge is 0.356 e. The van der Waals surface area contributed by atoms with Crippen LogP contribution in [0.3, 0.4) is 0 Å². The number of guanidine groups is 1. The molecule has 156 valence electrons. The van der Waals surface area contributed by atoms with Crippen LogP contribution in [0.1, 0.15) is 51.4 Å². The van der Waals surface area contributed by atoms with Gasteiger partial charge in [-0.25, -0.2) is 12.7 Å². The van der Waals surface area contributed by atoms with Gasteiger partial charge in [-0.3, -0.25) is 4.99 Å². The van der Waals surface area contributed by atoms with Crippen LogP contribution in [0, 0.1) is 5.92 Å². The van der Waals surface area contributed by atoms with Crippen molar-refractivity contribution in [2.75, 3.05) is 46.0 Å². The van der Waals surface area contributed by atoms with Gasteiger partial charge in [0.1, 0.15) is 0 Å². The lowest BCUT2D eigenvalue weighted by Crippen LogP contribution is -2.51. The Hall–Kier alpha value is -0.860. The smallest absolute Gasteiger partial charge is 0.211 e. The number of nitrogens with zero attached hydrogens (tertiary/aromatic N) is 3. The van der Waals surface area contributed by atoms with Gasteiger partial charge in [0.25, 0.3) is 0 Å². The van der Waals surface area contributed by atoms with E-state index in [-0.39, 0.29) is 0 Å². The van der Waals surface area contributed by atoms with Gasteiger partial charge < -0.3 is 15.5 Å². The van der Waals surface area contributed by atoms with Crippen LogP contribution in [0.15, 0.2) is 4.99 Å². The molecule has 1 saturated carbocycles. The van der Waals surface area contributed by atoms with Crippen molar-refractivity contribution in [2.24, 2.45) is 10.9 Å². The first-order valence-electron chi connectivity index (χ1n) is 10.6. The van der Waals surface area contributed by atoms with Crippen LogP contribution < -0.4 is 10.6 Å². The highest BCUT2D eigenvalue weighted by Crippen LogP contribution is 2.26. The topological polar surface area (TPSA) is 77.0 Å². The third-order valence-corrected chi connectivity index (χ3v) is 7.84. The van der Waals surface area contributed by atoms with E-state index in [4.69, 9.17) is 0 Å². The summed E-state index contributed by atoms with van der Waals surface area (Å²) < 4.78 is 24.8. The van der Waals surface area contributed by atoms with Crippen molar-refractivity contribution in [3.05, 3.63) is 0 Å². The normalized spacial score (nSPS) is 25.8. The Bertz CT molecular complexity index is 587. The second kappa shape index (κ2) is 9.56. The maximum absolute atomic E-state index is 11.6. The molecule has 2 aliphatic heterocycles. The molecule has 2 saturated heterocycles. The molecule has 0 aromatic rings. The maximum atomic E-state index is 11.6. The molecule has 3 aliphatic rings. The van der Waals surface area contributed by atoms with Crippen molar-refractivity contribution in [3.8, 4) is 0 Å². The maximum Gasteiger partial charge on any atom is 0.211 e. The Balaban J connectivity index is 1.35. The second-order valence-electron chi connectivity index (χ2n) is 8.45. The zero-order valence-electron chi connectivity index (χ0n) is 17.0. The van der Waals surface area contributed by atoms with Gasteiger partial charge in [-0.1, -0.05) is 12.8 Å². The van der Waals surface area contributed by atoms with E-state index < -0.39 is 10.0 Å². The van der Waals surface area contributed by atoms with Crippen LogP contribution in [0.25, 0.3) is 0 Å². The molecular weight excluding hydrogens is 362 g/mol. The van der Waals surface area contributed by atoms with Gasteiger partial charge in [-0.2, -0.15) is 0 Å². The SMILES string of the molecule is CN=C(NCC1CCN(S(C)(=O)=O)CC1)NC1CCN(C2CCCC2)CC1. The van der Waals surface area contributed by atoms with Crippen molar-refractivity contribution in [3.63, 3.8) is 0 Å². The van der Waals surface area contributed by atoms with Gasteiger partial charge in [-0.05, 0) is 44.4 Å². The van der Waals surface area contributed by atoms with Crippen molar-refractivity contribution in [1.29, 1.82) is 0 Å². The van der Waals surface area contributed by atoms with Gasteiger partial charge in [0, 0.05) is 51.9 Å². The zero-order valence-corrected chi connectivity index (χ0v) is 17.8. The first-order chi connectivity index (χ1) is 13.0. The number of hydrogen-bond donors (Lipinski definition) is 2. The first kappa shape index (κ1) is 20.9. The molecule has 0 unspecified atom stereocenters. The highest BCUT2D eigenvalue weighted by Gasteiger charge is 2.28. The van der Waals surface area contributed by atoms with E-state index in [1.807, 2.05) is 7.05 Å². The number of rotatable bonds is 5. The van der Waals surface area contributed by atoms with E-state index in [1.54, 1.807) is 4.31 Å². The van der Waals surface area contributed by atoms with Crippen molar-refractivity contribution in [1.82, 2.24) is 19.8 Å². The number of nitrogens with one attached hydrogen (secondary N) is 2. The Morgan fingerprint density at radius 1 is 1.00 bits per heavy atom. The lowest BCUT2D eigenvalue weighted by atomic mass is 9.98. The minimum atomic E-state index is -3.04. The number of hydrogen-bond acceptors (Lipinski definition) is 4. The summed E-state index contributed by atoms with van der Waals surface area (Å²) in [6.45, 7) is 4.53. The fourth-order valence-corrected chi connectivity index (χ4v) is 5.63. The lowest BCUT2D eigenvalue weighted by molar-refractivity contribution is 0.150. The van der Waals surface area contributed by atoms with Crippen LogP contribution in [0.2, 0.25) is 0 Å². The number of aliphatic imine (C=N–C) groups is 1. The van der Waals surface area contributed by atoms with Gasteiger partial charge in [-0.15, -0.1) is 0 Å². The molecule has 7 nitrogen and oxygen atoms in total. The summed E-state index contributed by atoms with van der Waals surface area (Å²) in [6.07, 6.45) is 11.1. The molecule has 0 aromatic heterocycles. The Labute approximate surface area is 165 Å². The molecule has 27 heavy (non-hydrogen) atoms. The summed E-state index contributed by atoms with van der Waals surface area (Å²) in [6, 6.07) is 1.34. The summed E-state index contributed by atoms with van der Waals surface area (Å²) in [5.41, 5.74) is 0. The molecular formula is C19H37N5O2S. The molecule has 0 amide bonds. The van der Waals surface area contributed by atoms with Crippen molar-refractivity contribution < 1.29 is 8.42 Å². The number of piperidine rings is 2. The predicted octanol–water partition coefficient (Wildman–Crippen LogP) is 1.23. The molecule has 0 atom stereocenters. The van der Waals surface area contributed by atoms with E-state index >= 15 is 0 Å². The molecule has 1 aliphatic carbocycles. The molecule has 3 fully saturated rings. The highest BCUT2D eigenvalue weighted by molar-refractivity contribution is 7.88. The molecule has 0 aromatic carbocycles. The van der Waals surface area contributed by atoms with Crippen LogP contribution in [-0.4, -0.2) is 81.7 Å². The third-order valence-electron chi connectivity index (χ3n) is 6.54. The number of likely N-dealkylation sites (tertiary alicyclic amines) is 1. The van der Waals surface area contributed by atoms with E-state index in [2.05, 4.69) is 20.5 Å². The van der Waals surface area contributed by atoms with Crippen molar-refractivity contribution >= 4 is 16.0 Å². The van der Waals surface area contributed by atoms with E-state index in [0.29, 0.717) is 25.0 Å². The van der Waals surface area contributed by atoms with Crippen LogP contribution in [0.4, 0.5) is 0 Å². The fourth-order valence-electron chi connectivity index (χ4n) is 4.75. The molecule has 0 spiro atoms. The second-order valence-corrected chi connectivity index (χ2v) is 10.4. The van der Waals surface area contributed by atoms with Crippen LogP contribution >= 0.6 is 0 Å². The molecule has 0 radical (unpaired) electrons. The zero-order chi connectivity index (χ0) is 19.3. The van der Waals surface area contributed by atoms with E-state index in [0.717, 1.165) is 31.4 Å². The summed E-state index contributed by atoms with van der Waals surface area (Å²) in [5, 5.41) is 7.06. The van der Waals surface area contributed by atoms with E-state index in [9.17, 15) is 8.42 Å². The minimum absolute atomic E-state index is 0.501. The molecule has 2 N–H and O–H groups in total. The molecule has 8 heteroatoms. The summed E-state index contributed by atoms with van der Waals surface area (Å²) in [5.74, 6) is 1.39. The lowest BCUT2D eigenvalue weighted by Gasteiger charge is -2.37. The van der Waals surface area contributed by atoms with Gasteiger partial charge in [0.15, 0.2) is 5.96 Å². The minimum Gasteiger partial charge on any atom is -0.356 e. The van der Waals surface area contributed by atoms with E-state index in [1.165, 1.54) is 57.9 Å².